The predicted molar refractivity (Wildman–Crippen MR) is 85.9 cm³/mol. The first-order valence-electron chi connectivity index (χ1n) is 7.08. The summed E-state index contributed by atoms with van der Waals surface area (Å²) in [5, 5.41) is 0. The van der Waals surface area contributed by atoms with Crippen molar-refractivity contribution in [3.8, 4) is 0 Å². The van der Waals surface area contributed by atoms with E-state index >= 15 is 0 Å². The Balaban J connectivity index is 1.74. The number of nitrogens with zero attached hydrogens (tertiary/aromatic N) is 4. The third kappa shape index (κ3) is 3.48. The van der Waals surface area contributed by atoms with E-state index in [0.29, 0.717) is 24.5 Å². The summed E-state index contributed by atoms with van der Waals surface area (Å²) in [6.07, 6.45) is 8.20. The van der Waals surface area contributed by atoms with Crippen molar-refractivity contribution in [2.75, 3.05) is 19.3 Å². The molecule has 0 aliphatic carbocycles. The fourth-order valence-corrected chi connectivity index (χ4v) is 3.35. The molecule has 2 aliphatic heterocycles. The van der Waals surface area contributed by atoms with Crippen LogP contribution in [0.5, 0.6) is 0 Å². The second kappa shape index (κ2) is 5.96. The highest BCUT2D eigenvalue weighted by molar-refractivity contribution is 7.90. The first-order chi connectivity index (χ1) is 10.9. The molecule has 3 heterocycles. The fraction of sp³-hybridized carbons (Fsp3) is 0.267. The van der Waals surface area contributed by atoms with E-state index in [-0.39, 0.29) is 11.7 Å². The van der Waals surface area contributed by atoms with Crippen molar-refractivity contribution in [3.63, 3.8) is 0 Å². The summed E-state index contributed by atoms with van der Waals surface area (Å²) < 4.78 is 26.7. The number of sulfonamides is 1. The Morgan fingerprint density at radius 3 is 2.96 bits per heavy atom. The fourth-order valence-electron chi connectivity index (χ4n) is 2.39. The normalized spacial score (nSPS) is 18.7. The summed E-state index contributed by atoms with van der Waals surface area (Å²) in [7, 11) is -1.67. The van der Waals surface area contributed by atoms with Crippen molar-refractivity contribution in [2.24, 2.45) is 4.40 Å². The Hall–Kier alpha value is -2.48. The van der Waals surface area contributed by atoms with Crippen LogP contribution in [-0.2, 0) is 21.4 Å². The number of amides is 1. The first-order valence-corrected chi connectivity index (χ1v) is 8.69. The van der Waals surface area contributed by atoms with E-state index in [9.17, 15) is 13.2 Å². The summed E-state index contributed by atoms with van der Waals surface area (Å²) >= 11 is 0. The smallest absolute Gasteiger partial charge is 0.256 e. The predicted octanol–water partition coefficient (Wildman–Crippen LogP) is 0.538. The Labute approximate surface area is 134 Å². The molecule has 120 valence electrons. The van der Waals surface area contributed by atoms with Gasteiger partial charge in [-0.15, -0.1) is 4.40 Å². The summed E-state index contributed by atoms with van der Waals surface area (Å²) in [5.41, 5.74) is 1.43. The zero-order chi connectivity index (χ0) is 16.4. The lowest BCUT2D eigenvalue weighted by atomic mass is 10.1. The van der Waals surface area contributed by atoms with Gasteiger partial charge in [0.15, 0.2) is 0 Å². The molecule has 23 heavy (non-hydrogen) atoms. The van der Waals surface area contributed by atoms with Gasteiger partial charge in [0.05, 0.1) is 11.3 Å². The van der Waals surface area contributed by atoms with Crippen LogP contribution in [0.4, 0.5) is 0 Å². The van der Waals surface area contributed by atoms with Crippen molar-refractivity contribution in [2.45, 2.75) is 6.54 Å². The summed E-state index contributed by atoms with van der Waals surface area (Å²) in [5.74, 6) is 0.161. The Kier molecular flexibility index (Phi) is 3.99. The number of likely N-dealkylation sites (N-methyl/N-ethyl adjacent to an activating group) is 1. The second-order valence-electron chi connectivity index (χ2n) is 5.37. The number of hydrogen-bond acceptors (Lipinski definition) is 5. The summed E-state index contributed by atoms with van der Waals surface area (Å²) in [6, 6.07) is 3.73. The third-order valence-electron chi connectivity index (χ3n) is 3.56. The minimum Gasteiger partial charge on any atom is -0.337 e. The molecule has 0 spiro atoms. The van der Waals surface area contributed by atoms with Crippen LogP contribution in [0.25, 0.3) is 0 Å². The maximum Gasteiger partial charge on any atom is 0.256 e. The Morgan fingerprint density at radius 2 is 2.22 bits per heavy atom. The number of aromatic nitrogens is 1. The molecule has 0 bridgehead atoms. The van der Waals surface area contributed by atoms with Gasteiger partial charge in [-0.3, -0.25) is 9.78 Å². The van der Waals surface area contributed by atoms with Crippen molar-refractivity contribution in [1.82, 2.24) is 14.8 Å². The van der Waals surface area contributed by atoms with E-state index in [1.165, 1.54) is 0 Å². The van der Waals surface area contributed by atoms with Gasteiger partial charge in [-0.25, -0.2) is 8.42 Å². The van der Waals surface area contributed by atoms with Gasteiger partial charge < -0.3 is 9.80 Å². The number of carbonyl (C=O) groups excluding carboxylic acids is 1. The molecular weight excluding hydrogens is 316 g/mol. The van der Waals surface area contributed by atoms with Crippen LogP contribution in [0.1, 0.15) is 5.56 Å². The lowest BCUT2D eigenvalue weighted by molar-refractivity contribution is -0.126. The monoisotopic (exact) mass is 332 g/mol. The van der Waals surface area contributed by atoms with Gasteiger partial charge in [-0.2, -0.15) is 0 Å². The van der Waals surface area contributed by atoms with E-state index in [2.05, 4.69) is 9.38 Å². The number of carbonyl (C=O) groups is 1. The average molecular weight is 332 g/mol. The Bertz CT molecular complexity index is 812. The Morgan fingerprint density at radius 1 is 1.39 bits per heavy atom. The number of hydrogen-bond donors (Lipinski definition) is 0. The van der Waals surface area contributed by atoms with Crippen molar-refractivity contribution >= 4 is 21.8 Å². The van der Waals surface area contributed by atoms with Crippen LogP contribution in [0, 0.1) is 0 Å². The molecule has 0 unspecified atom stereocenters. The summed E-state index contributed by atoms with van der Waals surface area (Å²) in [6.45, 7) is 0.752. The first kappa shape index (κ1) is 15.4. The lowest BCUT2D eigenvalue weighted by Crippen LogP contribution is -2.38. The van der Waals surface area contributed by atoms with Gasteiger partial charge in [-0.05, 0) is 23.8 Å². The van der Waals surface area contributed by atoms with E-state index in [0.717, 1.165) is 5.56 Å². The molecule has 0 radical (unpaired) electrons. The molecule has 0 fully saturated rings. The molecule has 0 saturated carbocycles. The standard InChI is InChI=1S/C15H16N4O3S/c1-18(10-12-3-2-6-16-9-12)15(20)13-4-5-14-17-23(21,22)8-7-19(14)11-13/h2-6,9,11H,7-8,10H2,1H3. The van der Waals surface area contributed by atoms with Gasteiger partial charge in [0.2, 0.25) is 0 Å². The van der Waals surface area contributed by atoms with Crippen LogP contribution >= 0.6 is 0 Å². The SMILES string of the molecule is CN(Cc1cccnc1)C(=O)C1=CN2CCS(=O)(=O)N=C2C=C1. The molecular formula is C15H16N4O3S. The number of pyridine rings is 1. The van der Waals surface area contributed by atoms with Crippen molar-refractivity contribution in [1.29, 1.82) is 0 Å². The van der Waals surface area contributed by atoms with Gasteiger partial charge >= 0.3 is 0 Å². The average Bonchev–Trinajstić information content (AvgIpc) is 2.54. The number of fused-ring (bicyclic) bond motifs is 1. The number of amidine groups is 1. The van der Waals surface area contributed by atoms with Crippen LogP contribution in [0.2, 0.25) is 0 Å². The largest absolute Gasteiger partial charge is 0.337 e. The minimum atomic E-state index is -3.38. The molecule has 2 aliphatic rings. The van der Waals surface area contributed by atoms with E-state index in [4.69, 9.17) is 0 Å². The molecule has 7 nitrogen and oxygen atoms in total. The molecule has 8 heteroatoms. The lowest BCUT2D eigenvalue weighted by Gasteiger charge is -2.28. The highest BCUT2D eigenvalue weighted by Crippen LogP contribution is 2.17. The maximum absolute atomic E-state index is 12.5. The molecule has 1 aromatic rings. The van der Waals surface area contributed by atoms with Crippen molar-refractivity contribution in [3.05, 3.63) is 54.0 Å². The van der Waals surface area contributed by atoms with Gasteiger partial charge in [-0.1, -0.05) is 6.07 Å². The van der Waals surface area contributed by atoms with Crippen LogP contribution < -0.4 is 0 Å². The zero-order valence-corrected chi connectivity index (χ0v) is 13.4. The topological polar surface area (TPSA) is 82.9 Å². The molecule has 0 N–H and O–H groups in total. The molecule has 3 rings (SSSR count). The highest BCUT2D eigenvalue weighted by atomic mass is 32.2. The molecule has 0 aromatic carbocycles. The van der Waals surface area contributed by atoms with Crippen molar-refractivity contribution < 1.29 is 13.2 Å². The van der Waals surface area contributed by atoms with E-state index < -0.39 is 10.0 Å². The maximum atomic E-state index is 12.5. The van der Waals surface area contributed by atoms with Gasteiger partial charge in [0.25, 0.3) is 15.9 Å². The summed E-state index contributed by atoms with van der Waals surface area (Å²) in [4.78, 5) is 19.8. The van der Waals surface area contributed by atoms with Crippen LogP contribution in [0.3, 0.4) is 0 Å². The van der Waals surface area contributed by atoms with Gasteiger partial charge in [0, 0.05) is 38.7 Å². The van der Waals surface area contributed by atoms with Crippen LogP contribution in [0.15, 0.2) is 52.8 Å². The molecule has 1 aromatic heterocycles. The van der Waals surface area contributed by atoms with E-state index in [1.807, 2.05) is 12.1 Å². The van der Waals surface area contributed by atoms with E-state index in [1.54, 1.807) is 47.6 Å². The molecule has 1 amide bonds. The third-order valence-corrected chi connectivity index (χ3v) is 4.72. The minimum absolute atomic E-state index is 0.0478. The quantitative estimate of drug-likeness (QED) is 0.807. The molecule has 0 atom stereocenters. The van der Waals surface area contributed by atoms with Crippen LogP contribution in [-0.4, -0.2) is 54.3 Å². The molecule has 0 saturated heterocycles. The highest BCUT2D eigenvalue weighted by Gasteiger charge is 2.25. The van der Waals surface area contributed by atoms with Gasteiger partial charge in [0.1, 0.15) is 5.84 Å². The zero-order valence-electron chi connectivity index (χ0n) is 12.6. The number of rotatable bonds is 3. The second-order valence-corrected chi connectivity index (χ2v) is 7.12.